The Morgan fingerprint density at radius 3 is 2.44 bits per heavy atom. The van der Waals surface area contributed by atoms with Gasteiger partial charge in [0.15, 0.2) is 0 Å². The van der Waals surface area contributed by atoms with Crippen molar-refractivity contribution >= 4 is 29.1 Å². The zero-order chi connectivity index (χ0) is 18.2. The maximum atomic E-state index is 11.9. The molecule has 2 amide bonds. The van der Waals surface area contributed by atoms with E-state index < -0.39 is 0 Å². The zero-order valence-corrected chi connectivity index (χ0v) is 15.0. The van der Waals surface area contributed by atoms with Crippen molar-refractivity contribution in [2.24, 2.45) is 0 Å². The van der Waals surface area contributed by atoms with Gasteiger partial charge in [0.1, 0.15) is 12.2 Å². The first kappa shape index (κ1) is 18.8. The quantitative estimate of drug-likeness (QED) is 0.744. The Balaban J connectivity index is 1.74. The number of hydrogen-bond donors (Lipinski definition) is 2. The molecule has 0 heterocycles. The molecule has 0 unspecified atom stereocenters. The van der Waals surface area contributed by atoms with E-state index in [1.54, 1.807) is 25.3 Å². The summed E-state index contributed by atoms with van der Waals surface area (Å²) >= 11 is 5.88. The summed E-state index contributed by atoms with van der Waals surface area (Å²) in [6, 6.07) is 12.8. The van der Waals surface area contributed by atoms with E-state index >= 15 is 0 Å². The van der Waals surface area contributed by atoms with Crippen molar-refractivity contribution in [3.05, 3.63) is 58.6 Å². The maximum Gasteiger partial charge on any atom is 0.233 e. The molecule has 0 radical (unpaired) electrons. The van der Waals surface area contributed by atoms with Gasteiger partial charge in [-0.25, -0.2) is 0 Å². The number of aryl methyl sites for hydroxylation is 1. The van der Waals surface area contributed by atoms with Gasteiger partial charge in [-0.1, -0.05) is 23.7 Å². The number of carbonyl (C=O) groups excluding carboxylic acids is 2. The predicted molar refractivity (Wildman–Crippen MR) is 99.1 cm³/mol. The van der Waals surface area contributed by atoms with Crippen LogP contribution in [0, 0.1) is 6.92 Å². The molecule has 0 bridgehead atoms. The standard InChI is InChI=1S/C19H21ClN2O3/c1-13-11-15(20)5-8-17(13)22-19(24)12-18(23)21-10-9-14-3-6-16(25-2)7-4-14/h3-8,11H,9-10,12H2,1-2H3,(H,21,23)(H,22,24). The fraction of sp³-hybridized carbons (Fsp3) is 0.263. The van der Waals surface area contributed by atoms with E-state index in [1.165, 1.54) is 0 Å². The van der Waals surface area contributed by atoms with Gasteiger partial charge in [0, 0.05) is 17.3 Å². The molecule has 0 fully saturated rings. The Labute approximate surface area is 152 Å². The first-order valence-electron chi connectivity index (χ1n) is 7.93. The number of anilines is 1. The summed E-state index contributed by atoms with van der Waals surface area (Å²) in [6.45, 7) is 2.31. The second-order valence-corrected chi connectivity index (χ2v) is 6.07. The molecule has 0 saturated heterocycles. The van der Waals surface area contributed by atoms with Crippen LogP contribution in [-0.4, -0.2) is 25.5 Å². The SMILES string of the molecule is COc1ccc(CCNC(=O)CC(=O)Nc2ccc(Cl)cc2C)cc1. The lowest BCUT2D eigenvalue weighted by Crippen LogP contribution is -2.29. The van der Waals surface area contributed by atoms with Crippen molar-refractivity contribution in [3.8, 4) is 5.75 Å². The summed E-state index contributed by atoms with van der Waals surface area (Å²) in [6.07, 6.45) is 0.471. The van der Waals surface area contributed by atoms with Crippen molar-refractivity contribution in [2.75, 3.05) is 19.0 Å². The molecule has 0 aliphatic carbocycles. The van der Waals surface area contributed by atoms with Crippen molar-refractivity contribution in [1.29, 1.82) is 0 Å². The van der Waals surface area contributed by atoms with Crippen molar-refractivity contribution in [2.45, 2.75) is 19.8 Å². The molecular weight excluding hydrogens is 340 g/mol. The van der Waals surface area contributed by atoms with Crippen LogP contribution in [0.1, 0.15) is 17.5 Å². The van der Waals surface area contributed by atoms with Crippen LogP contribution in [0.3, 0.4) is 0 Å². The highest BCUT2D eigenvalue weighted by Gasteiger charge is 2.10. The molecule has 0 aliphatic rings. The fourth-order valence-corrected chi connectivity index (χ4v) is 2.54. The number of carbonyl (C=O) groups is 2. The third-order valence-corrected chi connectivity index (χ3v) is 3.91. The van der Waals surface area contributed by atoms with E-state index in [-0.39, 0.29) is 18.2 Å². The number of amides is 2. The summed E-state index contributed by atoms with van der Waals surface area (Å²) in [5.41, 5.74) is 2.59. The highest BCUT2D eigenvalue weighted by molar-refractivity contribution is 6.30. The van der Waals surface area contributed by atoms with Gasteiger partial charge in [0.2, 0.25) is 11.8 Å². The molecule has 0 aromatic heterocycles. The van der Waals surface area contributed by atoms with E-state index in [4.69, 9.17) is 16.3 Å². The molecule has 0 spiro atoms. The molecular formula is C19H21ClN2O3. The lowest BCUT2D eigenvalue weighted by molar-refractivity contribution is -0.126. The average Bonchev–Trinajstić information content (AvgIpc) is 2.58. The molecule has 0 atom stereocenters. The number of methoxy groups -OCH3 is 1. The van der Waals surface area contributed by atoms with Gasteiger partial charge >= 0.3 is 0 Å². The summed E-state index contributed by atoms with van der Waals surface area (Å²) in [7, 11) is 1.62. The van der Waals surface area contributed by atoms with Crippen LogP contribution >= 0.6 is 11.6 Å². The van der Waals surface area contributed by atoms with Crippen LogP contribution in [0.25, 0.3) is 0 Å². The lowest BCUT2D eigenvalue weighted by Gasteiger charge is -2.09. The Morgan fingerprint density at radius 1 is 1.08 bits per heavy atom. The van der Waals surface area contributed by atoms with Crippen LogP contribution < -0.4 is 15.4 Å². The van der Waals surface area contributed by atoms with Crippen molar-refractivity contribution in [3.63, 3.8) is 0 Å². The van der Waals surface area contributed by atoms with E-state index in [1.807, 2.05) is 31.2 Å². The summed E-state index contributed by atoms with van der Waals surface area (Å²) in [5, 5.41) is 6.07. The van der Waals surface area contributed by atoms with Gasteiger partial charge in [0.25, 0.3) is 0 Å². The zero-order valence-electron chi connectivity index (χ0n) is 14.3. The third kappa shape index (κ3) is 6.12. The maximum absolute atomic E-state index is 11.9. The average molecular weight is 361 g/mol. The summed E-state index contributed by atoms with van der Waals surface area (Å²) in [4.78, 5) is 23.8. The molecule has 25 heavy (non-hydrogen) atoms. The number of rotatable bonds is 7. The number of halogens is 1. The van der Waals surface area contributed by atoms with Crippen LogP contribution in [0.4, 0.5) is 5.69 Å². The molecule has 2 aromatic carbocycles. The van der Waals surface area contributed by atoms with Gasteiger partial charge in [-0.05, 0) is 54.8 Å². The Hall–Kier alpha value is -2.53. The van der Waals surface area contributed by atoms with Gasteiger partial charge in [-0.2, -0.15) is 0 Å². The van der Waals surface area contributed by atoms with Gasteiger partial charge in [-0.3, -0.25) is 9.59 Å². The molecule has 0 aliphatic heterocycles. The largest absolute Gasteiger partial charge is 0.497 e. The molecule has 132 valence electrons. The highest BCUT2D eigenvalue weighted by atomic mass is 35.5. The number of nitrogens with one attached hydrogen (secondary N) is 2. The molecule has 5 nitrogen and oxygen atoms in total. The van der Waals surface area contributed by atoms with Crippen LogP contribution in [0.5, 0.6) is 5.75 Å². The summed E-state index contributed by atoms with van der Waals surface area (Å²) in [5.74, 6) is 0.131. The normalized spacial score (nSPS) is 10.2. The van der Waals surface area contributed by atoms with Gasteiger partial charge in [0.05, 0.1) is 7.11 Å². The minimum atomic E-state index is -0.354. The minimum Gasteiger partial charge on any atom is -0.497 e. The van der Waals surface area contributed by atoms with Crippen LogP contribution in [0.2, 0.25) is 5.02 Å². The molecule has 0 saturated carbocycles. The minimum absolute atomic E-state index is 0.218. The monoisotopic (exact) mass is 360 g/mol. The number of ether oxygens (including phenoxy) is 1. The Bertz CT molecular complexity index is 745. The molecule has 6 heteroatoms. The Morgan fingerprint density at radius 2 is 1.80 bits per heavy atom. The van der Waals surface area contributed by atoms with E-state index in [0.717, 1.165) is 16.9 Å². The smallest absolute Gasteiger partial charge is 0.233 e. The van der Waals surface area contributed by atoms with Crippen molar-refractivity contribution in [1.82, 2.24) is 5.32 Å². The topological polar surface area (TPSA) is 67.4 Å². The van der Waals surface area contributed by atoms with E-state index in [0.29, 0.717) is 23.7 Å². The van der Waals surface area contributed by atoms with Crippen LogP contribution in [-0.2, 0) is 16.0 Å². The van der Waals surface area contributed by atoms with E-state index in [9.17, 15) is 9.59 Å². The number of benzene rings is 2. The van der Waals surface area contributed by atoms with E-state index in [2.05, 4.69) is 10.6 Å². The number of hydrogen-bond acceptors (Lipinski definition) is 3. The predicted octanol–water partition coefficient (Wildman–Crippen LogP) is 3.34. The third-order valence-electron chi connectivity index (χ3n) is 3.68. The fourth-order valence-electron chi connectivity index (χ4n) is 2.31. The molecule has 2 N–H and O–H groups in total. The second kappa shape index (κ2) is 9.08. The van der Waals surface area contributed by atoms with Crippen LogP contribution in [0.15, 0.2) is 42.5 Å². The highest BCUT2D eigenvalue weighted by Crippen LogP contribution is 2.19. The lowest BCUT2D eigenvalue weighted by atomic mass is 10.1. The second-order valence-electron chi connectivity index (χ2n) is 5.63. The first-order chi connectivity index (χ1) is 12.0. The van der Waals surface area contributed by atoms with Gasteiger partial charge < -0.3 is 15.4 Å². The van der Waals surface area contributed by atoms with Gasteiger partial charge in [-0.15, -0.1) is 0 Å². The molecule has 2 aromatic rings. The molecule has 2 rings (SSSR count). The van der Waals surface area contributed by atoms with Crippen molar-refractivity contribution < 1.29 is 14.3 Å². The Kier molecular flexibility index (Phi) is 6.83. The summed E-state index contributed by atoms with van der Waals surface area (Å²) < 4.78 is 5.10. The first-order valence-corrected chi connectivity index (χ1v) is 8.31.